The number of carbonyl (C=O) groups excluding carboxylic acids is 2. The van der Waals surface area contributed by atoms with Crippen LogP contribution in [0.3, 0.4) is 0 Å². The highest BCUT2D eigenvalue weighted by Crippen LogP contribution is 2.61. The van der Waals surface area contributed by atoms with Crippen molar-refractivity contribution in [1.29, 1.82) is 0 Å². The predicted octanol–water partition coefficient (Wildman–Crippen LogP) is 2.31. The fourth-order valence-electron chi connectivity index (χ4n) is 5.53. The number of urea groups is 1. The van der Waals surface area contributed by atoms with Crippen molar-refractivity contribution in [2.45, 2.75) is 44.1 Å². The lowest BCUT2D eigenvalue weighted by molar-refractivity contribution is -0.171. The van der Waals surface area contributed by atoms with Crippen LogP contribution in [0.1, 0.15) is 38.5 Å². The largest absolute Gasteiger partial charge is 0.469 e. The number of nitrogens with zero attached hydrogens (tertiary/aromatic N) is 1. The van der Waals surface area contributed by atoms with Gasteiger partial charge >= 0.3 is 12.0 Å². The molecule has 2 atom stereocenters. The second-order valence-corrected chi connectivity index (χ2v) is 7.48. The summed E-state index contributed by atoms with van der Waals surface area (Å²) in [5.74, 6) is 1.25. The number of hydrogen-bond donors (Lipinski definition) is 2. The van der Waals surface area contributed by atoms with Gasteiger partial charge in [0.05, 0.1) is 12.5 Å². The summed E-state index contributed by atoms with van der Waals surface area (Å²) >= 11 is 0. The van der Waals surface area contributed by atoms with Crippen LogP contribution in [0.25, 0.3) is 0 Å². The van der Waals surface area contributed by atoms with Gasteiger partial charge in [0.2, 0.25) is 0 Å². The first-order valence-electron chi connectivity index (χ1n) is 8.11. The van der Waals surface area contributed by atoms with Crippen molar-refractivity contribution in [2.24, 2.45) is 17.3 Å². The van der Waals surface area contributed by atoms with Crippen molar-refractivity contribution in [3.63, 3.8) is 0 Å². The van der Waals surface area contributed by atoms with E-state index in [4.69, 9.17) is 9.26 Å². The summed E-state index contributed by atoms with van der Waals surface area (Å²) in [4.78, 5) is 24.7. The van der Waals surface area contributed by atoms with Gasteiger partial charge in [-0.2, -0.15) is 0 Å². The van der Waals surface area contributed by atoms with Crippen LogP contribution in [0.2, 0.25) is 0 Å². The minimum Gasteiger partial charge on any atom is -0.469 e. The van der Waals surface area contributed by atoms with Gasteiger partial charge in [0.15, 0.2) is 5.82 Å². The molecule has 0 aliphatic heterocycles. The molecule has 7 nitrogen and oxygen atoms in total. The highest BCUT2D eigenvalue weighted by atomic mass is 16.5. The zero-order chi connectivity index (χ0) is 16.1. The summed E-state index contributed by atoms with van der Waals surface area (Å²) in [6, 6.07) is 1.30. The number of carbonyl (C=O) groups is 2. The van der Waals surface area contributed by atoms with Gasteiger partial charge in [-0.1, -0.05) is 5.16 Å². The Bertz CT molecular complexity index is 613. The molecule has 5 rings (SSSR count). The maximum Gasteiger partial charge on any atom is 0.320 e. The van der Waals surface area contributed by atoms with Gasteiger partial charge in [0, 0.05) is 11.6 Å². The topological polar surface area (TPSA) is 93.5 Å². The number of aromatic nitrogens is 1. The Morgan fingerprint density at radius 3 is 2.65 bits per heavy atom. The molecule has 1 aromatic rings. The van der Waals surface area contributed by atoms with E-state index >= 15 is 0 Å². The molecule has 0 spiro atoms. The first-order chi connectivity index (χ1) is 11.0. The molecular weight excluding hydrogens is 298 g/mol. The number of amides is 2. The van der Waals surface area contributed by atoms with E-state index in [9.17, 15) is 9.59 Å². The zero-order valence-electron chi connectivity index (χ0n) is 13.1. The van der Waals surface area contributed by atoms with Crippen molar-refractivity contribution < 1.29 is 18.8 Å². The maximum absolute atomic E-state index is 12.4. The van der Waals surface area contributed by atoms with Crippen LogP contribution in [0.15, 0.2) is 16.9 Å². The van der Waals surface area contributed by atoms with Crippen LogP contribution in [-0.4, -0.2) is 29.8 Å². The highest BCUT2D eigenvalue weighted by Gasteiger charge is 2.61. The molecule has 124 valence electrons. The summed E-state index contributed by atoms with van der Waals surface area (Å²) in [7, 11) is 1.46. The second kappa shape index (κ2) is 4.97. The van der Waals surface area contributed by atoms with Crippen LogP contribution < -0.4 is 10.6 Å². The number of hydrogen-bond acceptors (Lipinski definition) is 5. The second-order valence-electron chi connectivity index (χ2n) is 7.48. The number of esters is 1. The lowest BCUT2D eigenvalue weighted by Crippen LogP contribution is -2.65. The van der Waals surface area contributed by atoms with Crippen molar-refractivity contribution in [2.75, 3.05) is 12.4 Å². The number of ether oxygens (including phenoxy) is 1. The highest BCUT2D eigenvalue weighted by molar-refractivity contribution is 5.89. The number of nitrogens with one attached hydrogen (secondary N) is 2. The lowest BCUT2D eigenvalue weighted by atomic mass is 9.47. The minimum atomic E-state index is -0.417. The van der Waals surface area contributed by atoms with E-state index in [1.54, 1.807) is 6.07 Å². The number of rotatable bonds is 3. The zero-order valence-corrected chi connectivity index (χ0v) is 13.1. The lowest BCUT2D eigenvalue weighted by Gasteiger charge is -2.60. The monoisotopic (exact) mass is 319 g/mol. The summed E-state index contributed by atoms with van der Waals surface area (Å²) < 4.78 is 9.80. The molecule has 0 radical (unpaired) electrons. The van der Waals surface area contributed by atoms with E-state index in [1.165, 1.54) is 13.4 Å². The van der Waals surface area contributed by atoms with Crippen LogP contribution >= 0.6 is 0 Å². The van der Waals surface area contributed by atoms with Crippen LogP contribution in [0, 0.1) is 17.3 Å². The van der Waals surface area contributed by atoms with Crippen molar-refractivity contribution in [1.82, 2.24) is 10.5 Å². The predicted molar refractivity (Wildman–Crippen MR) is 80.5 cm³/mol. The summed E-state index contributed by atoms with van der Waals surface area (Å²) in [6.45, 7) is 0. The van der Waals surface area contributed by atoms with E-state index in [1.807, 2.05) is 0 Å². The first-order valence-corrected chi connectivity index (χ1v) is 8.11. The Morgan fingerprint density at radius 1 is 1.30 bits per heavy atom. The minimum absolute atomic E-state index is 0.116. The summed E-state index contributed by atoms with van der Waals surface area (Å²) in [6.07, 6.45) is 6.91. The van der Waals surface area contributed by atoms with Gasteiger partial charge in [0.25, 0.3) is 0 Å². The molecule has 4 fully saturated rings. The van der Waals surface area contributed by atoms with Gasteiger partial charge in [-0.15, -0.1) is 0 Å². The molecule has 4 saturated carbocycles. The Labute approximate surface area is 134 Å². The molecule has 4 aliphatic rings. The molecular formula is C16H21N3O4. The third-order valence-corrected chi connectivity index (χ3v) is 5.74. The molecule has 2 unspecified atom stereocenters. The molecule has 4 aliphatic carbocycles. The smallest absolute Gasteiger partial charge is 0.320 e. The molecule has 23 heavy (non-hydrogen) atoms. The fraction of sp³-hybridized carbons (Fsp3) is 0.688. The standard InChI is InChI=1S/C16H21N3O4/c1-22-13(20)15-5-10-4-11(6-15)8-16(7-10,9-15)18-14(21)17-12-2-3-23-19-12/h2-3,10-11H,4-9H2,1H3,(H2,17,18,19,21). The normalized spacial score (nSPS) is 37.4. The summed E-state index contributed by atoms with van der Waals surface area (Å²) in [5.41, 5.74) is -0.730. The SMILES string of the molecule is COC(=O)C12CC3CC(CC(NC(=O)Nc4ccon4)(C3)C1)C2. The molecule has 7 heteroatoms. The molecule has 2 N–H and O–H groups in total. The Hall–Kier alpha value is -2.05. The van der Waals surface area contributed by atoms with Crippen LogP contribution in [0.5, 0.6) is 0 Å². The molecule has 1 heterocycles. The average molecular weight is 319 g/mol. The number of methoxy groups -OCH3 is 1. The van der Waals surface area contributed by atoms with Gasteiger partial charge in [-0.3, -0.25) is 10.1 Å². The number of anilines is 1. The van der Waals surface area contributed by atoms with E-state index in [-0.39, 0.29) is 17.5 Å². The van der Waals surface area contributed by atoms with E-state index in [0.29, 0.717) is 24.1 Å². The Kier molecular flexibility index (Phi) is 3.14. The van der Waals surface area contributed by atoms with Gasteiger partial charge in [0.1, 0.15) is 6.26 Å². The molecule has 0 aromatic carbocycles. The fourth-order valence-corrected chi connectivity index (χ4v) is 5.53. The van der Waals surface area contributed by atoms with Crippen molar-refractivity contribution in [3.05, 3.63) is 12.3 Å². The third kappa shape index (κ3) is 2.38. The Balaban J connectivity index is 1.53. The molecule has 4 bridgehead atoms. The molecule has 2 amide bonds. The quantitative estimate of drug-likeness (QED) is 0.834. The van der Waals surface area contributed by atoms with E-state index in [2.05, 4.69) is 15.8 Å². The average Bonchev–Trinajstić information content (AvgIpc) is 2.96. The summed E-state index contributed by atoms with van der Waals surface area (Å²) in [5, 5.41) is 9.49. The van der Waals surface area contributed by atoms with Gasteiger partial charge in [-0.05, 0) is 50.4 Å². The maximum atomic E-state index is 12.4. The van der Waals surface area contributed by atoms with Gasteiger partial charge < -0.3 is 14.6 Å². The van der Waals surface area contributed by atoms with Crippen LogP contribution in [0.4, 0.5) is 10.6 Å². The van der Waals surface area contributed by atoms with E-state index in [0.717, 1.165) is 32.1 Å². The first kappa shape index (κ1) is 14.5. The molecule has 1 aromatic heterocycles. The Morgan fingerprint density at radius 2 is 2.04 bits per heavy atom. The van der Waals surface area contributed by atoms with Crippen molar-refractivity contribution in [3.8, 4) is 0 Å². The van der Waals surface area contributed by atoms with E-state index < -0.39 is 5.41 Å². The van der Waals surface area contributed by atoms with Crippen LogP contribution in [-0.2, 0) is 9.53 Å². The van der Waals surface area contributed by atoms with Crippen molar-refractivity contribution >= 4 is 17.8 Å². The van der Waals surface area contributed by atoms with Gasteiger partial charge in [-0.25, -0.2) is 4.79 Å². The third-order valence-electron chi connectivity index (χ3n) is 5.74. The molecule has 0 saturated heterocycles.